The monoisotopic (exact) mass is 352 g/mol. The lowest BCUT2D eigenvalue weighted by Gasteiger charge is -2.30. The van der Waals surface area contributed by atoms with Crippen molar-refractivity contribution in [3.63, 3.8) is 0 Å². The zero-order valence-corrected chi connectivity index (χ0v) is 16.0. The van der Waals surface area contributed by atoms with Gasteiger partial charge in [-0.15, -0.1) is 13.2 Å². The smallest absolute Gasteiger partial charge is 0.252 e. The maximum atomic E-state index is 12.5. The van der Waals surface area contributed by atoms with Crippen LogP contribution in [-0.4, -0.2) is 42.4 Å². The first-order valence-corrected chi connectivity index (χ1v) is 8.80. The lowest BCUT2D eigenvalue weighted by Crippen LogP contribution is -2.54. The van der Waals surface area contributed by atoms with Crippen LogP contribution >= 0.6 is 0 Å². The number of nitrogens with one attached hydrogen (secondary N) is 2. The molecule has 0 aromatic carbocycles. The van der Waals surface area contributed by atoms with Crippen molar-refractivity contribution in [2.75, 3.05) is 6.54 Å². The fraction of sp³-hybridized carbons (Fsp3) is 0.684. The second-order valence-corrected chi connectivity index (χ2v) is 7.19. The van der Waals surface area contributed by atoms with Crippen LogP contribution in [0.2, 0.25) is 0 Å². The average Bonchev–Trinajstić information content (AvgIpc) is 2.86. The summed E-state index contributed by atoms with van der Waals surface area (Å²) in [4.78, 5) is 24.8. The molecule has 142 valence electrons. The van der Waals surface area contributed by atoms with Crippen LogP contribution in [-0.2, 0) is 19.1 Å². The van der Waals surface area contributed by atoms with E-state index >= 15 is 0 Å². The van der Waals surface area contributed by atoms with E-state index in [9.17, 15) is 9.59 Å². The number of amides is 2. The molecule has 1 aliphatic rings. The van der Waals surface area contributed by atoms with Crippen molar-refractivity contribution in [1.29, 1.82) is 0 Å². The average molecular weight is 352 g/mol. The van der Waals surface area contributed by atoms with E-state index in [0.29, 0.717) is 13.0 Å². The molecule has 6 heteroatoms. The van der Waals surface area contributed by atoms with Gasteiger partial charge < -0.3 is 20.1 Å². The SMILES string of the molecule is C=CCCNC(=O)C1OC(C)(C)OC1C(NC(=O)C(C)C=C)C(C)C. The van der Waals surface area contributed by atoms with Crippen LogP contribution in [0.3, 0.4) is 0 Å². The lowest BCUT2D eigenvalue weighted by molar-refractivity contribution is -0.157. The predicted octanol–water partition coefficient (Wildman–Crippen LogP) is 2.16. The Morgan fingerprint density at radius 3 is 2.36 bits per heavy atom. The largest absolute Gasteiger partial charge is 0.353 e. The van der Waals surface area contributed by atoms with Crippen LogP contribution in [0.1, 0.15) is 41.0 Å². The Hall–Kier alpha value is -1.66. The molecular weight excluding hydrogens is 320 g/mol. The highest BCUT2D eigenvalue weighted by Crippen LogP contribution is 2.32. The van der Waals surface area contributed by atoms with Crippen molar-refractivity contribution in [1.82, 2.24) is 10.6 Å². The molecule has 1 rings (SSSR count). The molecule has 0 bridgehead atoms. The van der Waals surface area contributed by atoms with Crippen LogP contribution in [0.15, 0.2) is 25.3 Å². The van der Waals surface area contributed by atoms with Crippen LogP contribution < -0.4 is 10.6 Å². The molecule has 1 saturated heterocycles. The molecule has 1 aliphatic heterocycles. The van der Waals surface area contributed by atoms with Crippen molar-refractivity contribution >= 4 is 11.8 Å². The lowest BCUT2D eigenvalue weighted by atomic mass is 9.93. The Morgan fingerprint density at radius 1 is 1.20 bits per heavy atom. The van der Waals surface area contributed by atoms with E-state index in [4.69, 9.17) is 9.47 Å². The van der Waals surface area contributed by atoms with Crippen molar-refractivity contribution < 1.29 is 19.1 Å². The van der Waals surface area contributed by atoms with Gasteiger partial charge in [-0.05, 0) is 26.2 Å². The van der Waals surface area contributed by atoms with Gasteiger partial charge in [0, 0.05) is 6.54 Å². The van der Waals surface area contributed by atoms with Crippen molar-refractivity contribution in [3.8, 4) is 0 Å². The third-order valence-electron chi connectivity index (χ3n) is 4.18. The summed E-state index contributed by atoms with van der Waals surface area (Å²) in [5, 5.41) is 5.82. The highest BCUT2D eigenvalue weighted by Gasteiger charge is 2.49. The summed E-state index contributed by atoms with van der Waals surface area (Å²) in [6.45, 7) is 17.0. The minimum atomic E-state index is -0.896. The van der Waals surface area contributed by atoms with E-state index in [1.54, 1.807) is 32.9 Å². The van der Waals surface area contributed by atoms with Crippen LogP contribution in [0.5, 0.6) is 0 Å². The Bertz CT molecular complexity index is 502. The minimum Gasteiger partial charge on any atom is -0.353 e. The van der Waals surface area contributed by atoms with Gasteiger partial charge in [0.2, 0.25) is 5.91 Å². The second kappa shape index (κ2) is 9.15. The van der Waals surface area contributed by atoms with E-state index in [1.165, 1.54) is 0 Å². The summed E-state index contributed by atoms with van der Waals surface area (Å²) in [6, 6.07) is -0.355. The number of ether oxygens (including phenoxy) is 2. The molecule has 4 unspecified atom stereocenters. The number of hydrogen-bond acceptors (Lipinski definition) is 4. The molecule has 0 radical (unpaired) electrons. The molecular formula is C19H32N2O4. The third-order valence-corrected chi connectivity index (χ3v) is 4.18. The van der Waals surface area contributed by atoms with E-state index < -0.39 is 18.0 Å². The Kier molecular flexibility index (Phi) is 7.83. The van der Waals surface area contributed by atoms with Crippen molar-refractivity contribution in [3.05, 3.63) is 25.3 Å². The molecule has 0 spiro atoms. The first-order chi connectivity index (χ1) is 11.6. The van der Waals surface area contributed by atoms with Gasteiger partial charge in [-0.1, -0.05) is 32.9 Å². The molecule has 25 heavy (non-hydrogen) atoms. The summed E-state index contributed by atoms with van der Waals surface area (Å²) >= 11 is 0. The fourth-order valence-electron chi connectivity index (χ4n) is 2.68. The number of carbonyl (C=O) groups is 2. The molecule has 0 saturated carbocycles. The minimum absolute atomic E-state index is 0.0620. The van der Waals surface area contributed by atoms with E-state index in [1.807, 2.05) is 13.8 Å². The molecule has 1 heterocycles. The normalized spacial score (nSPS) is 24.4. The number of hydrogen-bond donors (Lipinski definition) is 2. The highest BCUT2D eigenvalue weighted by molar-refractivity contribution is 5.83. The van der Waals surface area contributed by atoms with E-state index in [0.717, 1.165) is 0 Å². The molecule has 2 amide bonds. The Balaban J connectivity index is 2.95. The zero-order valence-electron chi connectivity index (χ0n) is 16.0. The van der Waals surface area contributed by atoms with Gasteiger partial charge in [0.1, 0.15) is 6.10 Å². The highest BCUT2D eigenvalue weighted by atomic mass is 16.8. The molecule has 4 atom stereocenters. The van der Waals surface area contributed by atoms with Crippen molar-refractivity contribution in [2.45, 2.75) is 65.1 Å². The maximum Gasteiger partial charge on any atom is 0.252 e. The molecule has 1 fully saturated rings. The van der Waals surface area contributed by atoms with E-state index in [2.05, 4.69) is 23.8 Å². The molecule has 0 aliphatic carbocycles. The summed E-state index contributed by atoms with van der Waals surface area (Å²) in [6.07, 6.45) is 2.64. The van der Waals surface area contributed by atoms with E-state index in [-0.39, 0.29) is 29.7 Å². The molecule has 0 aromatic rings. The second-order valence-electron chi connectivity index (χ2n) is 7.19. The van der Waals surface area contributed by atoms with Gasteiger partial charge in [0.25, 0.3) is 5.91 Å². The standard InChI is InChI=1S/C19H32N2O4/c1-8-10-11-20-18(23)16-15(24-19(6,7)25-16)14(12(3)4)21-17(22)13(5)9-2/h8-9,12-16H,1-2,10-11H2,3-7H3,(H,20,23)(H,21,22). The predicted molar refractivity (Wildman–Crippen MR) is 97.8 cm³/mol. The molecule has 2 N–H and O–H groups in total. The van der Waals surface area contributed by atoms with Gasteiger partial charge in [-0.2, -0.15) is 0 Å². The summed E-state index contributed by atoms with van der Waals surface area (Å²) in [5.74, 6) is -1.54. The van der Waals surface area contributed by atoms with Gasteiger partial charge in [0.15, 0.2) is 11.9 Å². The summed E-state index contributed by atoms with van der Waals surface area (Å²) in [7, 11) is 0. The number of rotatable bonds is 9. The Labute approximate surface area is 151 Å². The van der Waals surface area contributed by atoms with Crippen LogP contribution in [0.4, 0.5) is 0 Å². The Morgan fingerprint density at radius 2 is 1.84 bits per heavy atom. The van der Waals surface area contributed by atoms with Crippen molar-refractivity contribution in [2.24, 2.45) is 11.8 Å². The topological polar surface area (TPSA) is 76.7 Å². The van der Waals surface area contributed by atoms with Crippen LogP contribution in [0.25, 0.3) is 0 Å². The molecule has 0 aromatic heterocycles. The zero-order chi connectivity index (χ0) is 19.2. The van der Waals surface area contributed by atoms with Crippen LogP contribution in [0, 0.1) is 11.8 Å². The fourth-order valence-corrected chi connectivity index (χ4v) is 2.68. The quantitative estimate of drug-likeness (QED) is 0.492. The third kappa shape index (κ3) is 5.97. The van der Waals surface area contributed by atoms with Gasteiger partial charge in [-0.3, -0.25) is 9.59 Å². The van der Waals surface area contributed by atoms with Gasteiger partial charge in [-0.25, -0.2) is 0 Å². The first kappa shape index (κ1) is 21.4. The summed E-state index contributed by atoms with van der Waals surface area (Å²) in [5.41, 5.74) is 0. The van der Waals surface area contributed by atoms with Gasteiger partial charge >= 0.3 is 0 Å². The van der Waals surface area contributed by atoms with Gasteiger partial charge in [0.05, 0.1) is 12.0 Å². The number of carbonyl (C=O) groups excluding carboxylic acids is 2. The first-order valence-electron chi connectivity index (χ1n) is 8.80. The maximum absolute atomic E-state index is 12.5. The molecule has 6 nitrogen and oxygen atoms in total. The summed E-state index contributed by atoms with van der Waals surface area (Å²) < 4.78 is 11.8.